The zero-order chi connectivity index (χ0) is 15.2. The molecular weight excluding hydrogens is 426 g/mol. The number of hydrogen-bond donors (Lipinski definition) is 0. The van der Waals surface area contributed by atoms with Gasteiger partial charge >= 0.3 is 150 Å². The van der Waals surface area contributed by atoms with Gasteiger partial charge in [0.25, 0.3) is 0 Å². The van der Waals surface area contributed by atoms with Crippen molar-refractivity contribution < 1.29 is 48.0 Å². The Balaban J connectivity index is 0.000000911. The van der Waals surface area contributed by atoms with Gasteiger partial charge in [0.15, 0.2) is 0 Å². The summed E-state index contributed by atoms with van der Waals surface area (Å²) < 4.78 is 2.69. The third-order valence-corrected chi connectivity index (χ3v) is 10.0. The number of rotatable bonds is 2. The maximum absolute atomic E-state index is 2.45. The predicted molar refractivity (Wildman–Crippen MR) is 92.6 cm³/mol. The Hall–Kier alpha value is -0.617. The topological polar surface area (TPSA) is 0 Å². The first-order chi connectivity index (χ1) is 11.4. The number of halogens is 2. The molecule has 1 fully saturated rings. The molecule has 1 saturated carbocycles. The van der Waals surface area contributed by atoms with Gasteiger partial charge in [-0.3, -0.25) is 0 Å². The van der Waals surface area contributed by atoms with Gasteiger partial charge in [-0.25, -0.2) is 0 Å². The van der Waals surface area contributed by atoms with Gasteiger partial charge in [0.2, 0.25) is 0 Å². The molecule has 126 valence electrons. The van der Waals surface area contributed by atoms with Crippen molar-refractivity contribution >= 4 is 3.27 Å². The molecule has 0 heterocycles. The molecule has 3 aliphatic rings. The SMILES string of the molecule is C1=CCC2CC[CH]([Zr+2][c]3cccc4c3Cc3ccccc3-4)C2=C1.[Cl-].[Cl-]. The minimum absolute atomic E-state index is 0. The molecule has 0 bridgehead atoms. The van der Waals surface area contributed by atoms with Gasteiger partial charge in [0, 0.05) is 0 Å². The number of allylic oxidation sites excluding steroid dienone is 4. The van der Waals surface area contributed by atoms with E-state index in [9.17, 15) is 0 Å². The van der Waals surface area contributed by atoms with E-state index in [-0.39, 0.29) is 24.8 Å². The van der Waals surface area contributed by atoms with Gasteiger partial charge in [-0.15, -0.1) is 0 Å². The summed E-state index contributed by atoms with van der Waals surface area (Å²) in [7, 11) is 0. The maximum Gasteiger partial charge on any atom is -1.00 e. The van der Waals surface area contributed by atoms with Crippen molar-refractivity contribution in [3.8, 4) is 11.1 Å². The van der Waals surface area contributed by atoms with Crippen molar-refractivity contribution in [3.05, 3.63) is 77.4 Å². The van der Waals surface area contributed by atoms with Crippen LogP contribution in [0.5, 0.6) is 0 Å². The monoisotopic (exact) mass is 444 g/mol. The summed E-state index contributed by atoms with van der Waals surface area (Å²) >= 11 is -0.568. The number of fused-ring (bicyclic) bond motifs is 4. The van der Waals surface area contributed by atoms with Crippen LogP contribution in [0.4, 0.5) is 0 Å². The molecule has 3 aliphatic carbocycles. The molecule has 3 heteroatoms. The van der Waals surface area contributed by atoms with Crippen LogP contribution >= 0.6 is 0 Å². The number of hydrogen-bond acceptors (Lipinski definition) is 0. The molecular formula is C22H20Cl2Zr. The third kappa shape index (κ3) is 3.36. The quantitative estimate of drug-likeness (QED) is 0.477. The van der Waals surface area contributed by atoms with Crippen molar-refractivity contribution in [3.63, 3.8) is 0 Å². The zero-order valence-electron chi connectivity index (χ0n) is 14.0. The zero-order valence-corrected chi connectivity index (χ0v) is 18.0. The van der Waals surface area contributed by atoms with Gasteiger partial charge in [-0.05, 0) is 0 Å². The first kappa shape index (κ1) is 19.2. The summed E-state index contributed by atoms with van der Waals surface area (Å²) in [6, 6.07) is 16.1. The molecule has 0 spiro atoms. The molecule has 2 unspecified atom stereocenters. The average molecular weight is 447 g/mol. The molecule has 25 heavy (non-hydrogen) atoms. The largest absolute Gasteiger partial charge is 1.00 e. The molecule has 2 atom stereocenters. The van der Waals surface area contributed by atoms with E-state index < -0.39 is 23.2 Å². The Labute approximate surface area is 174 Å². The summed E-state index contributed by atoms with van der Waals surface area (Å²) in [6.45, 7) is 0. The Kier molecular flexibility index (Phi) is 6.09. The molecule has 0 nitrogen and oxygen atoms in total. The van der Waals surface area contributed by atoms with Crippen molar-refractivity contribution in [2.24, 2.45) is 5.92 Å². The fourth-order valence-electron chi connectivity index (χ4n) is 4.55. The minimum atomic E-state index is -0.568. The van der Waals surface area contributed by atoms with Gasteiger partial charge in [0.1, 0.15) is 0 Å². The third-order valence-electron chi connectivity index (χ3n) is 5.70. The standard InChI is InChI=1S/C13H9.C9H11.2ClH.Zr/c1-3-7-12-10(5-1)9-11-6-2-4-8-13(11)12;1-2-5-9-7-3-6-8(9)4-1;;;/h1-5,7-8H,9H2;1-2,4,6,9H,3,5,7H2;2*1H;/q;;;;+2/p-2. The fourth-order valence-corrected chi connectivity index (χ4v) is 8.91. The van der Waals surface area contributed by atoms with Crippen molar-refractivity contribution in [2.45, 2.75) is 29.3 Å². The van der Waals surface area contributed by atoms with Crippen LogP contribution in [0.15, 0.2) is 66.3 Å². The van der Waals surface area contributed by atoms with Gasteiger partial charge in [0.05, 0.1) is 0 Å². The van der Waals surface area contributed by atoms with Crippen molar-refractivity contribution in [1.82, 2.24) is 0 Å². The maximum atomic E-state index is 2.45. The molecule has 2 aromatic carbocycles. The van der Waals surface area contributed by atoms with Crippen LogP contribution in [0.1, 0.15) is 30.4 Å². The Morgan fingerprint density at radius 3 is 2.64 bits per heavy atom. The average Bonchev–Trinajstić information content (AvgIpc) is 3.17. The van der Waals surface area contributed by atoms with Crippen LogP contribution < -0.4 is 28.1 Å². The molecule has 0 N–H and O–H groups in total. The fraction of sp³-hybridized carbons (Fsp3) is 0.273. The van der Waals surface area contributed by atoms with Gasteiger partial charge < -0.3 is 24.8 Å². The van der Waals surface area contributed by atoms with Crippen LogP contribution in [0.25, 0.3) is 11.1 Å². The van der Waals surface area contributed by atoms with E-state index in [2.05, 4.69) is 60.7 Å². The van der Waals surface area contributed by atoms with E-state index in [4.69, 9.17) is 0 Å². The normalized spacial score (nSPS) is 21.8. The molecule has 2 aromatic rings. The van der Waals surface area contributed by atoms with Crippen molar-refractivity contribution in [1.29, 1.82) is 0 Å². The second-order valence-electron chi connectivity index (χ2n) is 6.97. The summed E-state index contributed by atoms with van der Waals surface area (Å²) in [5, 5.41) is 0. The molecule has 0 radical (unpaired) electrons. The van der Waals surface area contributed by atoms with Gasteiger partial charge in [-0.1, -0.05) is 0 Å². The van der Waals surface area contributed by atoms with Gasteiger partial charge in [-0.2, -0.15) is 0 Å². The molecule has 5 rings (SSSR count). The van der Waals surface area contributed by atoms with Crippen LogP contribution in [-0.4, -0.2) is 0 Å². The second-order valence-corrected chi connectivity index (χ2v) is 10.7. The Morgan fingerprint density at radius 1 is 0.880 bits per heavy atom. The first-order valence-corrected chi connectivity index (χ1v) is 11.4. The first-order valence-electron chi connectivity index (χ1n) is 8.73. The summed E-state index contributed by atoms with van der Waals surface area (Å²) in [5.74, 6) is 0.875. The van der Waals surface area contributed by atoms with E-state index in [1.165, 1.54) is 36.0 Å². The van der Waals surface area contributed by atoms with Crippen LogP contribution in [0, 0.1) is 5.92 Å². The van der Waals surface area contributed by atoms with E-state index in [1.807, 2.05) is 0 Å². The predicted octanol–water partition coefficient (Wildman–Crippen LogP) is -0.942. The Morgan fingerprint density at radius 2 is 1.72 bits per heavy atom. The summed E-state index contributed by atoms with van der Waals surface area (Å²) in [4.78, 5) is 0. The second kappa shape index (κ2) is 7.95. The van der Waals surface area contributed by atoms with E-state index >= 15 is 0 Å². The van der Waals surface area contributed by atoms with Crippen LogP contribution in [-0.2, 0) is 29.7 Å². The van der Waals surface area contributed by atoms with Crippen molar-refractivity contribution in [2.75, 3.05) is 0 Å². The van der Waals surface area contributed by atoms with E-state index in [1.54, 1.807) is 14.4 Å². The molecule has 0 aliphatic heterocycles. The van der Waals surface area contributed by atoms with Crippen LogP contribution in [0.2, 0.25) is 3.63 Å². The molecule has 0 amide bonds. The molecule has 0 aromatic heterocycles. The smallest absolute Gasteiger partial charge is 1.00 e. The summed E-state index contributed by atoms with van der Waals surface area (Å²) in [5.41, 5.74) is 7.99. The number of benzene rings is 2. The van der Waals surface area contributed by atoms with E-state index in [0.717, 1.165) is 16.0 Å². The summed E-state index contributed by atoms with van der Waals surface area (Å²) in [6.07, 6.45) is 12.4. The van der Waals surface area contributed by atoms with Crippen LogP contribution in [0.3, 0.4) is 0 Å². The molecule has 0 saturated heterocycles. The van der Waals surface area contributed by atoms with E-state index in [0.29, 0.717) is 0 Å². The minimum Gasteiger partial charge on any atom is -1.00 e. The Bertz CT molecular complexity index is 838.